The summed E-state index contributed by atoms with van der Waals surface area (Å²) in [5.41, 5.74) is -0.158. The van der Waals surface area contributed by atoms with Crippen molar-refractivity contribution in [1.29, 1.82) is 0 Å². The monoisotopic (exact) mass is 265 g/mol. The van der Waals surface area contributed by atoms with Crippen LogP contribution in [0.25, 0.3) is 0 Å². The highest BCUT2D eigenvalue weighted by Gasteiger charge is 2.20. The number of carbonyl (C=O) groups excluding carboxylic acids is 1. The van der Waals surface area contributed by atoms with E-state index in [-0.39, 0.29) is 24.6 Å². The molecule has 6 nitrogen and oxygen atoms in total. The van der Waals surface area contributed by atoms with E-state index in [9.17, 15) is 9.59 Å². The number of pyridine rings is 1. The van der Waals surface area contributed by atoms with Gasteiger partial charge in [-0.3, -0.25) is 14.5 Å². The number of nitrogens with zero attached hydrogens (tertiary/aromatic N) is 3. The van der Waals surface area contributed by atoms with E-state index in [1.807, 2.05) is 0 Å². The number of carbonyl (C=O) groups is 1. The van der Waals surface area contributed by atoms with Gasteiger partial charge in [-0.25, -0.2) is 0 Å². The van der Waals surface area contributed by atoms with Crippen molar-refractivity contribution in [2.24, 2.45) is 0 Å². The summed E-state index contributed by atoms with van der Waals surface area (Å²) < 4.78 is 1.42. The van der Waals surface area contributed by atoms with Gasteiger partial charge in [0.05, 0.1) is 6.61 Å². The average Bonchev–Trinajstić information content (AvgIpc) is 2.42. The molecular formula is C13H19N3O3. The molecule has 1 aliphatic rings. The Hall–Kier alpha value is -1.66. The summed E-state index contributed by atoms with van der Waals surface area (Å²) in [6.45, 7) is 3.75. The smallest absolute Gasteiger partial charge is 0.250 e. The molecule has 0 saturated carbocycles. The van der Waals surface area contributed by atoms with Crippen LogP contribution in [0.1, 0.15) is 0 Å². The SMILES string of the molecule is O=C(Cn1ccccc1=O)N1CCN(CCO)CC1. The third kappa shape index (κ3) is 3.65. The summed E-state index contributed by atoms with van der Waals surface area (Å²) in [6, 6.07) is 4.86. The van der Waals surface area contributed by atoms with Crippen LogP contribution in [0, 0.1) is 0 Å². The fraction of sp³-hybridized carbons (Fsp3) is 0.538. The maximum atomic E-state index is 12.1. The van der Waals surface area contributed by atoms with Crippen LogP contribution in [0.5, 0.6) is 0 Å². The molecule has 0 aliphatic carbocycles. The van der Waals surface area contributed by atoms with Crippen LogP contribution in [0.3, 0.4) is 0 Å². The van der Waals surface area contributed by atoms with E-state index in [0.717, 1.165) is 13.1 Å². The van der Waals surface area contributed by atoms with Crippen molar-refractivity contribution < 1.29 is 9.90 Å². The molecule has 2 rings (SSSR count). The summed E-state index contributed by atoms with van der Waals surface area (Å²) in [4.78, 5) is 27.5. The zero-order valence-electron chi connectivity index (χ0n) is 10.9. The second-order valence-corrected chi connectivity index (χ2v) is 4.61. The number of amides is 1. The van der Waals surface area contributed by atoms with Crippen LogP contribution in [-0.2, 0) is 11.3 Å². The van der Waals surface area contributed by atoms with Crippen molar-refractivity contribution in [3.63, 3.8) is 0 Å². The second kappa shape index (κ2) is 6.49. The summed E-state index contributed by atoms with van der Waals surface area (Å²) >= 11 is 0. The Labute approximate surface area is 111 Å². The number of hydrogen-bond acceptors (Lipinski definition) is 4. The van der Waals surface area contributed by atoms with E-state index in [0.29, 0.717) is 19.6 Å². The van der Waals surface area contributed by atoms with Crippen molar-refractivity contribution >= 4 is 5.91 Å². The highest BCUT2D eigenvalue weighted by Crippen LogP contribution is 2.02. The molecular weight excluding hydrogens is 246 g/mol. The fourth-order valence-corrected chi connectivity index (χ4v) is 2.20. The number of aliphatic hydroxyl groups is 1. The minimum atomic E-state index is -0.158. The van der Waals surface area contributed by atoms with E-state index in [4.69, 9.17) is 5.11 Å². The lowest BCUT2D eigenvalue weighted by Gasteiger charge is -2.34. The third-order valence-corrected chi connectivity index (χ3v) is 3.35. The van der Waals surface area contributed by atoms with Gasteiger partial charge >= 0.3 is 0 Å². The molecule has 1 fully saturated rings. The number of piperazine rings is 1. The molecule has 1 N–H and O–H groups in total. The number of aromatic nitrogens is 1. The van der Waals surface area contributed by atoms with Gasteiger partial charge in [-0.05, 0) is 6.07 Å². The van der Waals surface area contributed by atoms with Crippen LogP contribution in [0.15, 0.2) is 29.2 Å². The predicted molar refractivity (Wildman–Crippen MR) is 70.8 cm³/mol. The fourth-order valence-electron chi connectivity index (χ4n) is 2.20. The van der Waals surface area contributed by atoms with Gasteiger partial charge in [0.2, 0.25) is 5.91 Å². The molecule has 0 spiro atoms. The number of β-amino-alcohol motifs (C(OH)–C–C–N with tert-alkyl or cyclic N) is 1. The average molecular weight is 265 g/mol. The van der Waals surface area contributed by atoms with E-state index >= 15 is 0 Å². The van der Waals surface area contributed by atoms with Gasteiger partial charge in [-0.1, -0.05) is 6.07 Å². The Kier molecular flexibility index (Phi) is 4.70. The highest BCUT2D eigenvalue weighted by atomic mass is 16.3. The first-order valence-corrected chi connectivity index (χ1v) is 6.47. The lowest BCUT2D eigenvalue weighted by Crippen LogP contribution is -2.50. The maximum Gasteiger partial charge on any atom is 0.250 e. The van der Waals surface area contributed by atoms with Crippen LogP contribution in [0.2, 0.25) is 0 Å². The summed E-state index contributed by atoms with van der Waals surface area (Å²) in [5, 5.41) is 8.86. The maximum absolute atomic E-state index is 12.1. The molecule has 1 aromatic heterocycles. The highest BCUT2D eigenvalue weighted by molar-refractivity contribution is 5.76. The number of rotatable bonds is 4. The molecule has 2 heterocycles. The molecule has 0 atom stereocenters. The molecule has 0 bridgehead atoms. The van der Waals surface area contributed by atoms with E-state index in [1.54, 1.807) is 23.2 Å². The van der Waals surface area contributed by atoms with Crippen molar-refractivity contribution in [1.82, 2.24) is 14.4 Å². The minimum absolute atomic E-state index is 0.0306. The van der Waals surface area contributed by atoms with Crippen LogP contribution in [0.4, 0.5) is 0 Å². The molecule has 1 amide bonds. The Morgan fingerprint density at radius 3 is 2.58 bits per heavy atom. The Morgan fingerprint density at radius 1 is 1.21 bits per heavy atom. The molecule has 6 heteroatoms. The molecule has 0 aromatic carbocycles. The number of hydrogen-bond donors (Lipinski definition) is 1. The molecule has 1 aliphatic heterocycles. The van der Waals surface area contributed by atoms with Gasteiger partial charge in [0.15, 0.2) is 0 Å². The summed E-state index contributed by atoms with van der Waals surface area (Å²) in [5.74, 6) is -0.0306. The lowest BCUT2D eigenvalue weighted by atomic mass is 10.3. The van der Waals surface area contributed by atoms with Gasteiger partial charge in [-0.15, -0.1) is 0 Å². The normalized spacial score (nSPS) is 16.6. The molecule has 1 saturated heterocycles. The first-order chi connectivity index (χ1) is 9.20. The van der Waals surface area contributed by atoms with Crippen molar-refractivity contribution in [2.45, 2.75) is 6.54 Å². The molecule has 0 unspecified atom stereocenters. The molecule has 0 radical (unpaired) electrons. The quantitative estimate of drug-likeness (QED) is 0.757. The summed E-state index contributed by atoms with van der Waals surface area (Å²) in [7, 11) is 0. The molecule has 1 aromatic rings. The standard InChI is InChI=1S/C13H19N3O3/c17-10-9-14-5-7-15(8-6-14)13(19)11-16-4-2-1-3-12(16)18/h1-4,17H,5-11H2. The Morgan fingerprint density at radius 2 is 1.95 bits per heavy atom. The molecule has 19 heavy (non-hydrogen) atoms. The van der Waals surface area contributed by atoms with Crippen LogP contribution >= 0.6 is 0 Å². The lowest BCUT2D eigenvalue weighted by molar-refractivity contribution is -0.133. The zero-order chi connectivity index (χ0) is 13.7. The second-order valence-electron chi connectivity index (χ2n) is 4.61. The summed E-state index contributed by atoms with van der Waals surface area (Å²) in [6.07, 6.45) is 1.63. The van der Waals surface area contributed by atoms with Gasteiger partial charge in [0.25, 0.3) is 5.56 Å². The van der Waals surface area contributed by atoms with Crippen molar-refractivity contribution in [2.75, 3.05) is 39.3 Å². The third-order valence-electron chi connectivity index (χ3n) is 3.35. The van der Waals surface area contributed by atoms with Gasteiger partial charge in [0, 0.05) is 45.0 Å². The van der Waals surface area contributed by atoms with E-state index in [2.05, 4.69) is 4.90 Å². The van der Waals surface area contributed by atoms with E-state index < -0.39 is 0 Å². The largest absolute Gasteiger partial charge is 0.395 e. The minimum Gasteiger partial charge on any atom is -0.395 e. The first kappa shape index (κ1) is 13.8. The predicted octanol–water partition coefficient (Wildman–Crippen LogP) is -1.02. The van der Waals surface area contributed by atoms with Gasteiger partial charge < -0.3 is 14.6 Å². The number of aliphatic hydroxyl groups excluding tert-OH is 1. The van der Waals surface area contributed by atoms with Crippen LogP contribution < -0.4 is 5.56 Å². The first-order valence-electron chi connectivity index (χ1n) is 6.47. The van der Waals surface area contributed by atoms with Gasteiger partial charge in [0.1, 0.15) is 6.54 Å². The zero-order valence-corrected chi connectivity index (χ0v) is 10.9. The topological polar surface area (TPSA) is 65.8 Å². The van der Waals surface area contributed by atoms with Crippen molar-refractivity contribution in [3.05, 3.63) is 34.7 Å². The van der Waals surface area contributed by atoms with Crippen molar-refractivity contribution in [3.8, 4) is 0 Å². The molecule has 104 valence electrons. The van der Waals surface area contributed by atoms with E-state index in [1.165, 1.54) is 10.6 Å². The van der Waals surface area contributed by atoms with Gasteiger partial charge in [-0.2, -0.15) is 0 Å². The Balaban J connectivity index is 1.88. The Bertz CT molecular complexity index is 478. The van der Waals surface area contributed by atoms with Crippen LogP contribution in [-0.4, -0.2) is 64.7 Å².